The van der Waals surface area contributed by atoms with Gasteiger partial charge in [-0.3, -0.25) is 4.79 Å². The predicted octanol–water partition coefficient (Wildman–Crippen LogP) is 12.5. The lowest BCUT2D eigenvalue weighted by Gasteiger charge is -2.27. The van der Waals surface area contributed by atoms with E-state index in [9.17, 15) is 18.4 Å². The van der Waals surface area contributed by atoms with Gasteiger partial charge >= 0.3 is 11.9 Å². The van der Waals surface area contributed by atoms with Crippen molar-refractivity contribution in [3.05, 3.63) is 172 Å². The first kappa shape index (κ1) is 44.5. The maximum Gasteiger partial charge on any atom is 0.330 e. The van der Waals surface area contributed by atoms with E-state index >= 15 is 0 Å². The first-order chi connectivity index (χ1) is 32.0. The van der Waals surface area contributed by atoms with E-state index in [1.165, 1.54) is 26.4 Å². The fourth-order valence-electron chi connectivity index (χ4n) is 9.07. The van der Waals surface area contributed by atoms with Gasteiger partial charge in [0.15, 0.2) is 0 Å². The van der Waals surface area contributed by atoms with Gasteiger partial charge in [0, 0.05) is 39.9 Å². The summed E-state index contributed by atoms with van der Waals surface area (Å²) in [5.41, 5.74) is 11.8. The Labute approximate surface area is 385 Å². The molecule has 2 aliphatic heterocycles. The molecule has 2 aliphatic carbocycles. The van der Waals surface area contributed by atoms with Crippen molar-refractivity contribution in [3.8, 4) is 34.0 Å². The minimum Gasteiger partial charge on any atom is -0.469 e. The molecule has 0 bridgehead atoms. The summed E-state index contributed by atoms with van der Waals surface area (Å²) >= 11 is 0. The predicted molar refractivity (Wildman–Crippen MR) is 250 cm³/mol. The van der Waals surface area contributed by atoms with Crippen molar-refractivity contribution in [2.45, 2.75) is 89.8 Å². The number of carbonyl (C=O) groups is 2. The number of ether oxygens (including phenoxy) is 4. The molecule has 6 aromatic rings. The summed E-state index contributed by atoms with van der Waals surface area (Å²) in [4.78, 5) is 33.4. The average Bonchev–Trinajstić information content (AvgIpc) is 4.30. The number of hydrogen-bond acceptors (Lipinski definition) is 8. The third-order valence-corrected chi connectivity index (χ3v) is 13.2. The van der Waals surface area contributed by atoms with Crippen molar-refractivity contribution >= 4 is 17.5 Å². The molecule has 10 rings (SSSR count). The first-order valence-electron chi connectivity index (χ1n) is 23.0. The number of halogens is 2. The van der Waals surface area contributed by atoms with E-state index in [1.807, 2.05) is 92.7 Å². The standard InChI is InChI=1S/C28H28FNO3.C28H26FNO3/c2*1-17-3-12-24(29)22(15-17)18-6-8-20(9-7-18)26-14-11-21-10-13-25(30-28(21)33-26)23(19-4-5-19)16-27(31)32-2/h3,6-10,12-13,15,19,23,26H,4-5,11,14,16H2,1-2H3;3,6-10,12-13,15-16,19,26H,4-5,11,14H2,1-2H3/b;23-16-. The van der Waals surface area contributed by atoms with E-state index < -0.39 is 0 Å². The average molecular weight is 889 g/mol. The van der Waals surface area contributed by atoms with Crippen molar-refractivity contribution in [1.82, 2.24) is 9.97 Å². The molecule has 0 radical (unpaired) electrons. The second kappa shape index (κ2) is 19.4. The molecule has 2 aromatic heterocycles. The smallest absolute Gasteiger partial charge is 0.330 e. The molecule has 0 saturated heterocycles. The van der Waals surface area contributed by atoms with Gasteiger partial charge in [-0.15, -0.1) is 0 Å². The zero-order chi connectivity index (χ0) is 45.9. The lowest BCUT2D eigenvalue weighted by Crippen LogP contribution is -2.18. The van der Waals surface area contributed by atoms with Crippen LogP contribution in [0.4, 0.5) is 8.78 Å². The van der Waals surface area contributed by atoms with Gasteiger partial charge in [0.1, 0.15) is 23.8 Å². The van der Waals surface area contributed by atoms with E-state index in [0.29, 0.717) is 41.1 Å². The van der Waals surface area contributed by atoms with Crippen LogP contribution >= 0.6 is 0 Å². The summed E-state index contributed by atoms with van der Waals surface area (Å²) < 4.78 is 50.9. The summed E-state index contributed by atoms with van der Waals surface area (Å²) in [5.74, 6) is 1.20. The van der Waals surface area contributed by atoms with Crippen molar-refractivity contribution in [2.75, 3.05) is 14.2 Å². The highest BCUT2D eigenvalue weighted by Crippen LogP contribution is 2.46. The Morgan fingerprint density at radius 2 is 1.18 bits per heavy atom. The number of benzene rings is 4. The van der Waals surface area contributed by atoms with Crippen LogP contribution in [0.1, 0.15) is 108 Å². The highest BCUT2D eigenvalue weighted by Gasteiger charge is 2.36. The van der Waals surface area contributed by atoms with Crippen LogP contribution in [0.25, 0.3) is 27.8 Å². The lowest BCUT2D eigenvalue weighted by molar-refractivity contribution is -0.141. The number of fused-ring (bicyclic) bond motifs is 2. The maximum absolute atomic E-state index is 14.3. The second-order valence-corrected chi connectivity index (χ2v) is 18.0. The number of hydrogen-bond donors (Lipinski definition) is 0. The van der Waals surface area contributed by atoms with E-state index in [1.54, 1.807) is 18.2 Å². The van der Waals surface area contributed by atoms with Crippen LogP contribution in [-0.4, -0.2) is 36.1 Å². The molecule has 66 heavy (non-hydrogen) atoms. The van der Waals surface area contributed by atoms with Crippen molar-refractivity contribution in [2.24, 2.45) is 11.8 Å². The van der Waals surface area contributed by atoms with Gasteiger partial charge in [0.05, 0.1) is 26.3 Å². The van der Waals surface area contributed by atoms with Crippen molar-refractivity contribution < 1.29 is 37.3 Å². The van der Waals surface area contributed by atoms with Crippen LogP contribution < -0.4 is 9.47 Å². The number of methoxy groups -OCH3 is 2. The largest absolute Gasteiger partial charge is 0.469 e. The minimum atomic E-state index is -0.361. The Morgan fingerprint density at radius 3 is 1.68 bits per heavy atom. The Hall–Kier alpha value is -6.68. The molecule has 4 aliphatic rings. The highest BCUT2D eigenvalue weighted by molar-refractivity contribution is 5.91. The summed E-state index contributed by atoms with van der Waals surface area (Å²) in [6.07, 6.45) is 9.49. The Bertz CT molecular complexity index is 2780. The van der Waals surface area contributed by atoms with Gasteiger partial charge in [-0.25, -0.2) is 23.5 Å². The molecule has 8 nitrogen and oxygen atoms in total. The van der Waals surface area contributed by atoms with Gasteiger partial charge in [0.2, 0.25) is 11.8 Å². The Kier molecular flexibility index (Phi) is 13.1. The molecule has 4 heterocycles. The quantitative estimate of drug-likeness (QED) is 0.0937. The SMILES string of the molecule is COC(=O)/C=C(\c1ccc2c(n1)OC(c1ccc(-c3cc(C)ccc3F)cc1)CC2)C1CC1.COC(=O)CC(c1ccc2c(n1)OC(c1ccc(-c3cc(C)ccc3F)cc1)CC2)C1CC1. The topological polar surface area (TPSA) is 96.8 Å². The third kappa shape index (κ3) is 10.2. The summed E-state index contributed by atoms with van der Waals surface area (Å²) in [6, 6.07) is 34.3. The van der Waals surface area contributed by atoms with Gasteiger partial charge in [-0.1, -0.05) is 83.9 Å². The van der Waals surface area contributed by atoms with Crippen LogP contribution in [0.3, 0.4) is 0 Å². The summed E-state index contributed by atoms with van der Waals surface area (Å²) in [5, 5.41) is 0. The van der Waals surface area contributed by atoms with E-state index in [2.05, 4.69) is 6.07 Å². The molecule has 2 saturated carbocycles. The molecular formula is C56H54F2N2O6. The number of allylic oxidation sites excluding steroid dienone is 1. The molecule has 3 atom stereocenters. The fraction of sp³-hybridized carbons (Fsp3) is 0.321. The first-order valence-corrected chi connectivity index (χ1v) is 23.0. The van der Waals surface area contributed by atoms with Crippen LogP contribution in [0.2, 0.25) is 0 Å². The molecule has 10 heteroatoms. The number of esters is 2. The summed E-state index contributed by atoms with van der Waals surface area (Å²) in [6.45, 7) is 3.92. The molecule has 338 valence electrons. The monoisotopic (exact) mass is 888 g/mol. The molecule has 2 fully saturated rings. The molecule has 0 N–H and O–H groups in total. The van der Waals surface area contributed by atoms with Gasteiger partial charge in [-0.05, 0) is 141 Å². The number of nitrogens with zero attached hydrogens (tertiary/aromatic N) is 2. The second-order valence-electron chi connectivity index (χ2n) is 18.0. The van der Waals surface area contributed by atoms with Crippen LogP contribution in [0.15, 0.2) is 115 Å². The van der Waals surface area contributed by atoms with Crippen molar-refractivity contribution in [3.63, 3.8) is 0 Å². The Balaban J connectivity index is 0.000000166. The Morgan fingerprint density at radius 1 is 0.652 bits per heavy atom. The van der Waals surface area contributed by atoms with E-state index in [4.69, 9.17) is 28.9 Å². The molecule has 0 amide bonds. The van der Waals surface area contributed by atoms with Crippen LogP contribution in [0.5, 0.6) is 11.8 Å². The third-order valence-electron chi connectivity index (χ3n) is 13.2. The normalized spacial score (nSPS) is 18.0. The van der Waals surface area contributed by atoms with E-state index in [0.717, 1.165) is 113 Å². The van der Waals surface area contributed by atoms with Crippen molar-refractivity contribution in [1.29, 1.82) is 0 Å². The number of aromatic nitrogens is 2. The van der Waals surface area contributed by atoms with E-state index in [-0.39, 0.29) is 41.7 Å². The van der Waals surface area contributed by atoms with Crippen LogP contribution in [0, 0.1) is 37.3 Å². The summed E-state index contributed by atoms with van der Waals surface area (Å²) in [7, 11) is 2.81. The molecule has 3 unspecified atom stereocenters. The zero-order valence-electron chi connectivity index (χ0n) is 37.8. The maximum atomic E-state index is 14.3. The minimum absolute atomic E-state index is 0.0789. The number of aryl methyl sites for hydroxylation is 4. The number of rotatable bonds is 11. The van der Waals surface area contributed by atoms with Gasteiger partial charge in [-0.2, -0.15) is 0 Å². The molecule has 0 spiro atoms. The molecule has 4 aromatic carbocycles. The molecular weight excluding hydrogens is 835 g/mol. The number of carbonyl (C=O) groups excluding carboxylic acids is 2. The van der Waals surface area contributed by atoms with Crippen LogP contribution in [-0.2, 0) is 31.9 Å². The zero-order valence-corrected chi connectivity index (χ0v) is 37.8. The lowest BCUT2D eigenvalue weighted by atomic mass is 9.93. The highest BCUT2D eigenvalue weighted by atomic mass is 19.1. The number of pyridine rings is 2. The van der Waals surface area contributed by atoms with Gasteiger partial charge in [0.25, 0.3) is 0 Å². The fourth-order valence-corrected chi connectivity index (χ4v) is 9.07. The van der Waals surface area contributed by atoms with Gasteiger partial charge < -0.3 is 18.9 Å².